The first kappa shape index (κ1) is 10.2. The van der Waals surface area contributed by atoms with Crippen molar-refractivity contribution in [1.82, 2.24) is 0 Å². The predicted octanol–water partition coefficient (Wildman–Crippen LogP) is 4.35. The summed E-state index contributed by atoms with van der Waals surface area (Å²) in [6.45, 7) is 8.84. The third kappa shape index (κ3) is 1.65. The van der Waals surface area contributed by atoms with Crippen molar-refractivity contribution < 1.29 is 0 Å². The van der Waals surface area contributed by atoms with Crippen LogP contribution in [-0.2, 0) is 0 Å². The normalized spacial score (nSPS) is 15.2. The van der Waals surface area contributed by atoms with Crippen LogP contribution in [-0.4, -0.2) is 0 Å². The van der Waals surface area contributed by atoms with Crippen molar-refractivity contribution >= 4 is 5.57 Å². The van der Waals surface area contributed by atoms with E-state index >= 15 is 0 Å². The van der Waals surface area contributed by atoms with Crippen molar-refractivity contribution in [3.05, 3.63) is 52.1 Å². The fourth-order valence-electron chi connectivity index (χ4n) is 2.33. The lowest BCUT2D eigenvalue weighted by molar-refractivity contribution is 1.24. The molecule has 1 aliphatic rings. The molecule has 0 saturated carbocycles. The molecule has 0 amide bonds. The van der Waals surface area contributed by atoms with E-state index in [9.17, 15) is 0 Å². The summed E-state index contributed by atoms with van der Waals surface area (Å²) in [5.74, 6) is 0. The van der Waals surface area contributed by atoms with Gasteiger partial charge >= 0.3 is 0 Å². The highest BCUT2D eigenvalue weighted by molar-refractivity contribution is 5.78. The molecular weight excluding hydrogens is 180 g/mol. The minimum atomic E-state index is 1.09. The summed E-state index contributed by atoms with van der Waals surface area (Å²) in [6.07, 6.45) is 5.58. The van der Waals surface area contributed by atoms with Crippen molar-refractivity contribution in [2.75, 3.05) is 0 Å². The molecule has 1 aromatic rings. The van der Waals surface area contributed by atoms with Crippen LogP contribution < -0.4 is 0 Å². The molecule has 0 spiro atoms. The van der Waals surface area contributed by atoms with Crippen LogP contribution in [0.15, 0.2) is 29.9 Å². The Hall–Kier alpha value is -1.30. The zero-order chi connectivity index (χ0) is 11.0. The summed E-state index contributed by atoms with van der Waals surface area (Å²) in [7, 11) is 0. The Labute approximate surface area is 92.3 Å². The lowest BCUT2D eigenvalue weighted by Crippen LogP contribution is -1.95. The van der Waals surface area contributed by atoms with Gasteiger partial charge < -0.3 is 0 Å². The zero-order valence-electron chi connectivity index (χ0n) is 10.0. The molecule has 0 heterocycles. The maximum atomic E-state index is 2.26. The van der Waals surface area contributed by atoms with E-state index in [1.807, 2.05) is 0 Å². The molecule has 0 saturated heterocycles. The Morgan fingerprint density at radius 1 is 0.933 bits per heavy atom. The highest BCUT2D eigenvalue weighted by Crippen LogP contribution is 2.33. The van der Waals surface area contributed by atoms with Crippen LogP contribution in [0.5, 0.6) is 0 Å². The van der Waals surface area contributed by atoms with Crippen LogP contribution in [0.4, 0.5) is 0 Å². The van der Waals surface area contributed by atoms with Gasteiger partial charge in [-0.1, -0.05) is 24.3 Å². The Morgan fingerprint density at radius 2 is 1.60 bits per heavy atom. The summed E-state index contributed by atoms with van der Waals surface area (Å²) in [5, 5.41) is 0. The molecule has 0 radical (unpaired) electrons. The van der Waals surface area contributed by atoms with Crippen LogP contribution in [0.25, 0.3) is 5.57 Å². The number of hydrogen-bond acceptors (Lipinski definition) is 0. The van der Waals surface area contributed by atoms with Crippen molar-refractivity contribution in [2.24, 2.45) is 0 Å². The van der Waals surface area contributed by atoms with Gasteiger partial charge in [0.2, 0.25) is 0 Å². The van der Waals surface area contributed by atoms with Crippen LogP contribution in [0, 0.1) is 20.8 Å². The standard InChI is InChI=1S/C15H18/c1-10-8-9-12(3)15(13(10)4)14-7-5-6-11(14)2/h5-6,8-9H,7H2,1-4H3. The first-order valence-corrected chi connectivity index (χ1v) is 5.54. The van der Waals surface area contributed by atoms with Crippen molar-refractivity contribution in [1.29, 1.82) is 0 Å². The number of rotatable bonds is 1. The second-order valence-corrected chi connectivity index (χ2v) is 4.47. The van der Waals surface area contributed by atoms with Crippen molar-refractivity contribution in [3.8, 4) is 0 Å². The van der Waals surface area contributed by atoms with Gasteiger partial charge in [-0.2, -0.15) is 0 Å². The van der Waals surface area contributed by atoms with Gasteiger partial charge in [0.1, 0.15) is 0 Å². The van der Waals surface area contributed by atoms with Gasteiger partial charge in [0.05, 0.1) is 0 Å². The molecule has 0 atom stereocenters. The molecule has 1 aromatic carbocycles. The minimum absolute atomic E-state index is 1.09. The molecule has 0 N–H and O–H groups in total. The van der Waals surface area contributed by atoms with E-state index < -0.39 is 0 Å². The fourth-order valence-corrected chi connectivity index (χ4v) is 2.33. The summed E-state index contributed by atoms with van der Waals surface area (Å²) >= 11 is 0. The Morgan fingerprint density at radius 3 is 2.20 bits per heavy atom. The average molecular weight is 198 g/mol. The number of benzene rings is 1. The Balaban J connectivity index is 2.63. The van der Waals surface area contributed by atoms with E-state index in [0.29, 0.717) is 0 Å². The van der Waals surface area contributed by atoms with Gasteiger partial charge in [-0.25, -0.2) is 0 Å². The molecule has 0 aromatic heterocycles. The summed E-state index contributed by atoms with van der Waals surface area (Å²) in [6, 6.07) is 4.45. The van der Waals surface area contributed by atoms with Gasteiger partial charge in [-0.05, 0) is 67.5 Å². The van der Waals surface area contributed by atoms with Crippen LogP contribution >= 0.6 is 0 Å². The van der Waals surface area contributed by atoms with E-state index in [-0.39, 0.29) is 0 Å². The summed E-state index contributed by atoms with van der Waals surface area (Å²) in [4.78, 5) is 0. The molecule has 2 rings (SSSR count). The first-order chi connectivity index (χ1) is 7.11. The fraction of sp³-hybridized carbons (Fsp3) is 0.333. The Bertz CT molecular complexity index is 459. The maximum Gasteiger partial charge on any atom is -0.00855 e. The molecule has 0 nitrogen and oxygen atoms in total. The molecule has 78 valence electrons. The number of allylic oxidation sites excluding steroid dienone is 4. The monoisotopic (exact) mass is 198 g/mol. The van der Waals surface area contributed by atoms with Gasteiger partial charge in [-0.3, -0.25) is 0 Å². The van der Waals surface area contributed by atoms with Crippen molar-refractivity contribution in [2.45, 2.75) is 34.1 Å². The molecule has 1 aliphatic carbocycles. The summed E-state index contributed by atoms with van der Waals surface area (Å²) in [5.41, 5.74) is 8.63. The summed E-state index contributed by atoms with van der Waals surface area (Å²) < 4.78 is 0. The average Bonchev–Trinajstić information content (AvgIpc) is 2.60. The molecule has 0 fully saturated rings. The highest BCUT2D eigenvalue weighted by atomic mass is 14.2. The predicted molar refractivity (Wildman–Crippen MR) is 67.0 cm³/mol. The van der Waals surface area contributed by atoms with E-state index in [0.717, 1.165) is 6.42 Å². The van der Waals surface area contributed by atoms with Gasteiger partial charge in [0.25, 0.3) is 0 Å². The lowest BCUT2D eigenvalue weighted by Gasteiger charge is -2.14. The van der Waals surface area contributed by atoms with Crippen molar-refractivity contribution in [3.63, 3.8) is 0 Å². The van der Waals surface area contributed by atoms with E-state index in [1.165, 1.54) is 33.4 Å². The smallest absolute Gasteiger partial charge is 0.00855 e. The van der Waals surface area contributed by atoms with Crippen LogP contribution in [0.3, 0.4) is 0 Å². The number of hydrogen-bond donors (Lipinski definition) is 0. The van der Waals surface area contributed by atoms with E-state index in [2.05, 4.69) is 52.0 Å². The van der Waals surface area contributed by atoms with Crippen LogP contribution in [0.2, 0.25) is 0 Å². The molecule has 15 heavy (non-hydrogen) atoms. The van der Waals surface area contributed by atoms with E-state index in [4.69, 9.17) is 0 Å². The quantitative estimate of drug-likeness (QED) is 0.629. The topological polar surface area (TPSA) is 0 Å². The number of aryl methyl sites for hydroxylation is 2. The first-order valence-electron chi connectivity index (χ1n) is 5.54. The maximum absolute atomic E-state index is 2.26. The zero-order valence-corrected chi connectivity index (χ0v) is 10.0. The molecule has 0 bridgehead atoms. The largest absolute Gasteiger partial charge is 0.0798 e. The third-order valence-corrected chi connectivity index (χ3v) is 3.41. The highest BCUT2D eigenvalue weighted by Gasteiger charge is 2.13. The Kier molecular flexibility index (Phi) is 2.52. The second-order valence-electron chi connectivity index (χ2n) is 4.47. The molecule has 0 unspecified atom stereocenters. The van der Waals surface area contributed by atoms with E-state index in [1.54, 1.807) is 0 Å². The third-order valence-electron chi connectivity index (χ3n) is 3.41. The van der Waals surface area contributed by atoms with Crippen LogP contribution in [0.1, 0.15) is 35.6 Å². The van der Waals surface area contributed by atoms with Gasteiger partial charge in [0.15, 0.2) is 0 Å². The van der Waals surface area contributed by atoms with Gasteiger partial charge in [-0.15, -0.1) is 0 Å². The molecular formula is C15H18. The SMILES string of the molecule is CC1=C(c2c(C)ccc(C)c2C)CC=C1. The second kappa shape index (κ2) is 3.69. The lowest BCUT2D eigenvalue weighted by atomic mass is 9.90. The molecule has 0 heteroatoms. The minimum Gasteiger partial charge on any atom is -0.0798 e. The van der Waals surface area contributed by atoms with Gasteiger partial charge in [0, 0.05) is 0 Å². The molecule has 0 aliphatic heterocycles.